The molecular weight excluding hydrogens is 252 g/mol. The average Bonchev–Trinajstić information content (AvgIpc) is 2.46. The Hall–Kier alpha value is -1.32. The molecule has 0 bridgehead atoms. The fraction of sp³-hybridized carbons (Fsp3) is 0.312. The highest BCUT2D eigenvalue weighted by atomic mass is 32.2. The molecule has 0 radical (unpaired) electrons. The van der Waals surface area contributed by atoms with Crippen molar-refractivity contribution in [2.24, 2.45) is 0 Å². The predicted molar refractivity (Wildman–Crippen MR) is 82.7 cm³/mol. The third kappa shape index (κ3) is 4.69. The van der Waals surface area contributed by atoms with E-state index in [1.807, 2.05) is 37.3 Å². The third-order valence-electron chi connectivity index (χ3n) is 3.09. The lowest BCUT2D eigenvalue weighted by atomic mass is 10.1. The van der Waals surface area contributed by atoms with E-state index in [1.54, 1.807) is 0 Å². The fourth-order valence-corrected chi connectivity index (χ4v) is 2.89. The second-order valence-corrected chi connectivity index (χ2v) is 5.77. The number of rotatable bonds is 6. The molecule has 2 aromatic rings. The first-order valence-corrected chi connectivity index (χ1v) is 7.52. The number of pyridine rings is 1. The van der Waals surface area contributed by atoms with Crippen LogP contribution in [0.4, 0.5) is 0 Å². The number of aryl methyl sites for hydroxylation is 1. The van der Waals surface area contributed by atoms with Crippen LogP contribution >= 0.6 is 11.8 Å². The Morgan fingerprint density at radius 2 is 2.00 bits per heavy atom. The van der Waals surface area contributed by atoms with Gasteiger partial charge in [0.1, 0.15) is 0 Å². The van der Waals surface area contributed by atoms with Gasteiger partial charge in [0, 0.05) is 29.1 Å². The summed E-state index contributed by atoms with van der Waals surface area (Å²) in [6.07, 6.45) is 4.78. The molecule has 100 valence electrons. The van der Waals surface area contributed by atoms with E-state index >= 15 is 0 Å². The maximum Gasteiger partial charge on any atom is 0.0300 e. The lowest BCUT2D eigenvalue weighted by Crippen LogP contribution is -2.30. The molecule has 3 heteroatoms. The van der Waals surface area contributed by atoms with Crippen molar-refractivity contribution >= 4 is 11.8 Å². The van der Waals surface area contributed by atoms with Crippen molar-refractivity contribution in [1.82, 2.24) is 10.3 Å². The number of benzene rings is 1. The van der Waals surface area contributed by atoms with Crippen LogP contribution in [-0.4, -0.2) is 23.8 Å². The molecule has 1 unspecified atom stereocenters. The molecule has 1 heterocycles. The standard InChI is InChI=1S/C16H20N2S/c1-13-5-7-16(8-6-13)19-12-15(17-2)10-14-4-3-9-18-11-14/h3-9,11,15,17H,10,12H2,1-2H3. The molecule has 19 heavy (non-hydrogen) atoms. The molecular formula is C16H20N2S. The zero-order chi connectivity index (χ0) is 13.5. The minimum atomic E-state index is 0.468. The molecule has 1 aromatic heterocycles. The van der Waals surface area contributed by atoms with Gasteiger partial charge in [-0.05, 0) is 44.2 Å². The zero-order valence-corrected chi connectivity index (χ0v) is 12.3. The summed E-state index contributed by atoms with van der Waals surface area (Å²) in [7, 11) is 2.02. The van der Waals surface area contributed by atoms with Crippen molar-refractivity contribution < 1.29 is 0 Å². The van der Waals surface area contributed by atoms with Gasteiger partial charge in [-0.25, -0.2) is 0 Å². The lowest BCUT2D eigenvalue weighted by Gasteiger charge is -2.15. The number of hydrogen-bond donors (Lipinski definition) is 1. The summed E-state index contributed by atoms with van der Waals surface area (Å²) in [5.41, 5.74) is 2.59. The van der Waals surface area contributed by atoms with Crippen LogP contribution in [0.3, 0.4) is 0 Å². The minimum Gasteiger partial charge on any atom is -0.316 e. The molecule has 0 fully saturated rings. The molecule has 1 atom stereocenters. The molecule has 1 aromatic carbocycles. The van der Waals surface area contributed by atoms with Crippen LogP contribution in [-0.2, 0) is 6.42 Å². The van der Waals surface area contributed by atoms with E-state index in [-0.39, 0.29) is 0 Å². The van der Waals surface area contributed by atoms with Crippen LogP contribution in [0.1, 0.15) is 11.1 Å². The maximum atomic E-state index is 4.17. The summed E-state index contributed by atoms with van der Waals surface area (Å²) >= 11 is 1.90. The largest absolute Gasteiger partial charge is 0.316 e. The first-order valence-electron chi connectivity index (χ1n) is 6.53. The van der Waals surface area contributed by atoms with E-state index < -0.39 is 0 Å². The molecule has 0 saturated carbocycles. The van der Waals surface area contributed by atoms with Crippen LogP contribution in [0.25, 0.3) is 0 Å². The number of hydrogen-bond acceptors (Lipinski definition) is 3. The Morgan fingerprint density at radius 3 is 2.63 bits per heavy atom. The van der Waals surface area contributed by atoms with Crippen LogP contribution in [0.15, 0.2) is 53.7 Å². The van der Waals surface area contributed by atoms with Crippen LogP contribution in [0.2, 0.25) is 0 Å². The van der Waals surface area contributed by atoms with Gasteiger partial charge in [0.2, 0.25) is 0 Å². The van der Waals surface area contributed by atoms with Crippen molar-refractivity contribution in [3.05, 3.63) is 59.9 Å². The summed E-state index contributed by atoms with van der Waals surface area (Å²) in [6.45, 7) is 2.12. The molecule has 0 aliphatic rings. The van der Waals surface area contributed by atoms with Gasteiger partial charge in [-0.15, -0.1) is 11.8 Å². The molecule has 0 amide bonds. The Kier molecular flexibility index (Phi) is 5.43. The van der Waals surface area contributed by atoms with E-state index in [2.05, 4.69) is 47.6 Å². The highest BCUT2D eigenvalue weighted by molar-refractivity contribution is 7.99. The maximum absolute atomic E-state index is 4.17. The van der Waals surface area contributed by atoms with Crippen molar-refractivity contribution in [1.29, 1.82) is 0 Å². The molecule has 0 aliphatic carbocycles. The number of nitrogens with zero attached hydrogens (tertiary/aromatic N) is 1. The second kappa shape index (κ2) is 7.31. The zero-order valence-electron chi connectivity index (χ0n) is 11.5. The van der Waals surface area contributed by atoms with E-state index in [0.29, 0.717) is 6.04 Å². The van der Waals surface area contributed by atoms with E-state index in [0.717, 1.165) is 12.2 Å². The Bertz CT molecular complexity index is 482. The van der Waals surface area contributed by atoms with Crippen LogP contribution in [0.5, 0.6) is 0 Å². The molecule has 0 aliphatic heterocycles. The van der Waals surface area contributed by atoms with Gasteiger partial charge in [0.15, 0.2) is 0 Å². The molecule has 2 rings (SSSR count). The predicted octanol–water partition coefficient (Wildman–Crippen LogP) is 3.31. The SMILES string of the molecule is CNC(CSc1ccc(C)cc1)Cc1cccnc1. The monoisotopic (exact) mass is 272 g/mol. The van der Waals surface area contributed by atoms with Gasteiger partial charge in [0.25, 0.3) is 0 Å². The summed E-state index contributed by atoms with van der Waals surface area (Å²) in [5.74, 6) is 1.06. The van der Waals surface area contributed by atoms with Crippen LogP contribution < -0.4 is 5.32 Å². The Balaban J connectivity index is 1.87. The number of nitrogens with one attached hydrogen (secondary N) is 1. The topological polar surface area (TPSA) is 24.9 Å². The third-order valence-corrected chi connectivity index (χ3v) is 4.26. The minimum absolute atomic E-state index is 0.468. The molecule has 0 spiro atoms. The van der Waals surface area contributed by atoms with Gasteiger partial charge < -0.3 is 5.32 Å². The number of thioether (sulfide) groups is 1. The van der Waals surface area contributed by atoms with E-state index in [9.17, 15) is 0 Å². The average molecular weight is 272 g/mol. The molecule has 2 nitrogen and oxygen atoms in total. The highest BCUT2D eigenvalue weighted by Crippen LogP contribution is 2.20. The van der Waals surface area contributed by atoms with E-state index in [1.165, 1.54) is 16.0 Å². The normalized spacial score (nSPS) is 12.3. The van der Waals surface area contributed by atoms with Gasteiger partial charge in [-0.1, -0.05) is 23.8 Å². The highest BCUT2D eigenvalue weighted by Gasteiger charge is 2.08. The van der Waals surface area contributed by atoms with Gasteiger partial charge in [0.05, 0.1) is 0 Å². The van der Waals surface area contributed by atoms with Crippen molar-refractivity contribution in [2.45, 2.75) is 24.3 Å². The van der Waals surface area contributed by atoms with Gasteiger partial charge in [-0.2, -0.15) is 0 Å². The van der Waals surface area contributed by atoms with Gasteiger partial charge in [-0.3, -0.25) is 4.98 Å². The molecule has 1 N–H and O–H groups in total. The van der Waals surface area contributed by atoms with Crippen molar-refractivity contribution in [3.8, 4) is 0 Å². The molecule has 0 saturated heterocycles. The summed E-state index contributed by atoms with van der Waals surface area (Å²) < 4.78 is 0. The fourth-order valence-electron chi connectivity index (χ4n) is 1.88. The summed E-state index contributed by atoms with van der Waals surface area (Å²) in [5, 5.41) is 3.38. The van der Waals surface area contributed by atoms with Crippen LogP contribution in [0, 0.1) is 6.92 Å². The Labute approximate surface area is 119 Å². The Morgan fingerprint density at radius 1 is 1.21 bits per heavy atom. The lowest BCUT2D eigenvalue weighted by molar-refractivity contribution is 0.616. The number of aromatic nitrogens is 1. The first-order chi connectivity index (χ1) is 9.28. The van der Waals surface area contributed by atoms with Crippen molar-refractivity contribution in [3.63, 3.8) is 0 Å². The van der Waals surface area contributed by atoms with Crippen molar-refractivity contribution in [2.75, 3.05) is 12.8 Å². The number of likely N-dealkylation sites (N-methyl/N-ethyl adjacent to an activating group) is 1. The second-order valence-electron chi connectivity index (χ2n) is 4.68. The smallest absolute Gasteiger partial charge is 0.0300 e. The summed E-state index contributed by atoms with van der Waals surface area (Å²) in [4.78, 5) is 5.50. The first kappa shape index (κ1) is 14.1. The quantitative estimate of drug-likeness (QED) is 0.817. The van der Waals surface area contributed by atoms with E-state index in [4.69, 9.17) is 0 Å². The van der Waals surface area contributed by atoms with Gasteiger partial charge >= 0.3 is 0 Å². The summed E-state index contributed by atoms with van der Waals surface area (Å²) in [6, 6.07) is 13.3.